The number of hydrogen-bond donors (Lipinski definition) is 7. The molecule has 0 fully saturated rings. The van der Waals surface area contributed by atoms with Gasteiger partial charge in [0, 0.05) is 39.6 Å². The Morgan fingerprint density at radius 3 is 1.97 bits per heavy atom. The van der Waals surface area contributed by atoms with Crippen molar-refractivity contribution in [3.8, 4) is 11.5 Å². The van der Waals surface area contributed by atoms with Crippen molar-refractivity contribution in [2.24, 2.45) is 0 Å². The Bertz CT molecular complexity index is 998. The fraction of sp³-hybridized carbons (Fsp3) is 0.333. The summed E-state index contributed by atoms with van der Waals surface area (Å²) in [5.41, 5.74) is 0.296. The van der Waals surface area contributed by atoms with Gasteiger partial charge in [0.1, 0.15) is 0 Å². The molecule has 0 saturated heterocycles. The molecule has 1 aliphatic rings. The van der Waals surface area contributed by atoms with Gasteiger partial charge in [-0.25, -0.2) is 0 Å². The molecule has 1 aromatic carbocycles. The lowest BCUT2D eigenvalue weighted by Crippen LogP contribution is -2.37. The van der Waals surface area contributed by atoms with Gasteiger partial charge in [0.15, 0.2) is 17.3 Å². The molecule has 11 nitrogen and oxygen atoms in total. The number of phenolic OH excluding ortho intramolecular Hbond substituents is 2. The van der Waals surface area contributed by atoms with E-state index < -0.39 is 40.8 Å². The van der Waals surface area contributed by atoms with Crippen LogP contribution < -0.4 is 21.3 Å². The highest BCUT2D eigenvalue weighted by Gasteiger charge is 2.23. The largest absolute Gasteiger partial charge is 0.504 e. The van der Waals surface area contributed by atoms with E-state index in [0.717, 1.165) is 0 Å². The standard InChI is InChI=1S/C21H26N4O7/c1-11-9-14(16(27)15(26)10-11)21(32)25-8-6-23-5-7-24-20(31)13-4-3-12(19(30)22-2)17(28)18(13)29/h3-4,9,23,27-29H,5-8,10H2,1-2H3,(H,22,30)(H,24,31)(H,25,32). The van der Waals surface area contributed by atoms with Crippen molar-refractivity contribution in [1.29, 1.82) is 0 Å². The zero-order valence-electron chi connectivity index (χ0n) is 17.7. The second-order valence-electron chi connectivity index (χ2n) is 7.05. The maximum Gasteiger partial charge on any atom is 0.255 e. The summed E-state index contributed by atoms with van der Waals surface area (Å²) in [4.78, 5) is 47.5. The summed E-state index contributed by atoms with van der Waals surface area (Å²) in [6.45, 7) is 2.81. The number of aliphatic hydroxyl groups is 1. The lowest BCUT2D eigenvalue weighted by Gasteiger charge is -2.14. The molecule has 1 aliphatic carbocycles. The van der Waals surface area contributed by atoms with E-state index in [1.54, 1.807) is 6.92 Å². The van der Waals surface area contributed by atoms with Crippen LogP contribution in [-0.4, -0.2) is 72.1 Å². The van der Waals surface area contributed by atoms with Crippen LogP contribution >= 0.6 is 0 Å². The molecule has 1 aromatic rings. The third-order valence-electron chi connectivity index (χ3n) is 4.64. The van der Waals surface area contributed by atoms with Gasteiger partial charge >= 0.3 is 0 Å². The van der Waals surface area contributed by atoms with Crippen LogP contribution in [0.1, 0.15) is 34.1 Å². The minimum absolute atomic E-state index is 0.0588. The highest BCUT2D eigenvalue weighted by Crippen LogP contribution is 2.32. The van der Waals surface area contributed by atoms with Gasteiger partial charge in [0.2, 0.25) is 5.78 Å². The topological polar surface area (TPSA) is 177 Å². The summed E-state index contributed by atoms with van der Waals surface area (Å²) in [5, 5.41) is 40.1. The van der Waals surface area contributed by atoms with Crippen molar-refractivity contribution >= 4 is 23.5 Å². The van der Waals surface area contributed by atoms with Gasteiger partial charge in [-0.2, -0.15) is 0 Å². The molecule has 0 aliphatic heterocycles. The highest BCUT2D eigenvalue weighted by molar-refractivity contribution is 6.08. The first-order valence-electron chi connectivity index (χ1n) is 9.85. The molecule has 0 unspecified atom stereocenters. The Morgan fingerprint density at radius 1 is 0.875 bits per heavy atom. The van der Waals surface area contributed by atoms with Gasteiger partial charge < -0.3 is 36.6 Å². The maximum absolute atomic E-state index is 12.2. The molecule has 32 heavy (non-hydrogen) atoms. The van der Waals surface area contributed by atoms with Gasteiger partial charge in [-0.15, -0.1) is 0 Å². The van der Waals surface area contributed by atoms with Gasteiger partial charge in [0.05, 0.1) is 16.7 Å². The molecular weight excluding hydrogens is 420 g/mol. The molecule has 3 amide bonds. The summed E-state index contributed by atoms with van der Waals surface area (Å²) >= 11 is 0. The van der Waals surface area contributed by atoms with E-state index in [2.05, 4.69) is 21.3 Å². The number of aromatic hydroxyl groups is 2. The van der Waals surface area contributed by atoms with E-state index in [-0.39, 0.29) is 36.2 Å². The first kappa shape index (κ1) is 24.4. The minimum Gasteiger partial charge on any atom is -0.504 e. The van der Waals surface area contributed by atoms with Gasteiger partial charge in [-0.05, 0) is 25.1 Å². The Labute approximate surface area is 184 Å². The summed E-state index contributed by atoms with van der Waals surface area (Å²) in [6, 6.07) is 2.46. The molecule has 7 N–H and O–H groups in total. The molecule has 0 heterocycles. The Morgan fingerprint density at radius 2 is 1.41 bits per heavy atom. The molecular formula is C21H26N4O7. The number of rotatable bonds is 9. The van der Waals surface area contributed by atoms with Crippen LogP contribution in [0.2, 0.25) is 0 Å². The number of carbonyl (C=O) groups is 4. The van der Waals surface area contributed by atoms with Crippen LogP contribution in [0, 0.1) is 0 Å². The fourth-order valence-electron chi connectivity index (χ4n) is 2.95. The lowest BCUT2D eigenvalue weighted by atomic mass is 9.97. The summed E-state index contributed by atoms with van der Waals surface area (Å²) in [6.07, 6.45) is 1.56. The quantitative estimate of drug-likeness (QED) is 0.198. The van der Waals surface area contributed by atoms with Crippen LogP contribution in [0.4, 0.5) is 0 Å². The van der Waals surface area contributed by atoms with Crippen LogP contribution in [0.5, 0.6) is 11.5 Å². The normalized spacial score (nSPS) is 13.4. The van der Waals surface area contributed by atoms with E-state index >= 15 is 0 Å². The number of amides is 3. The van der Waals surface area contributed by atoms with Crippen molar-refractivity contribution in [2.75, 3.05) is 33.2 Å². The van der Waals surface area contributed by atoms with Gasteiger partial charge in [-0.1, -0.05) is 5.57 Å². The third-order valence-corrected chi connectivity index (χ3v) is 4.64. The molecule has 11 heteroatoms. The first-order valence-corrected chi connectivity index (χ1v) is 9.85. The Balaban J connectivity index is 1.73. The van der Waals surface area contributed by atoms with Gasteiger partial charge in [-0.3, -0.25) is 19.2 Å². The van der Waals surface area contributed by atoms with Crippen LogP contribution in [0.15, 0.2) is 35.1 Å². The average Bonchev–Trinajstić information content (AvgIpc) is 2.76. The molecule has 0 aromatic heterocycles. The van der Waals surface area contributed by atoms with Crippen LogP contribution in [0.3, 0.4) is 0 Å². The highest BCUT2D eigenvalue weighted by atomic mass is 16.3. The molecule has 0 saturated carbocycles. The number of carbonyl (C=O) groups excluding carboxylic acids is 4. The average molecular weight is 446 g/mol. The SMILES string of the molecule is CNC(=O)c1ccc(C(=O)NCCNCCNC(=O)C2=C(O)C(=O)CC(C)=C2)c(O)c1O. The number of Topliss-reactive ketones (excluding diaryl/α,β-unsaturated/α-hetero) is 1. The van der Waals surface area contributed by atoms with Crippen molar-refractivity contribution < 1.29 is 34.5 Å². The molecule has 0 radical (unpaired) electrons. The number of aliphatic hydroxyl groups excluding tert-OH is 1. The van der Waals surface area contributed by atoms with E-state index in [0.29, 0.717) is 18.7 Å². The minimum atomic E-state index is -0.692. The Hall–Kier alpha value is -3.86. The van der Waals surface area contributed by atoms with Gasteiger partial charge in [0.25, 0.3) is 17.7 Å². The number of ketones is 1. The van der Waals surface area contributed by atoms with E-state index in [9.17, 15) is 34.5 Å². The van der Waals surface area contributed by atoms with E-state index in [1.165, 1.54) is 25.3 Å². The van der Waals surface area contributed by atoms with Crippen molar-refractivity contribution in [3.05, 3.63) is 46.2 Å². The molecule has 2 rings (SSSR count). The summed E-state index contributed by atoms with van der Waals surface area (Å²) < 4.78 is 0. The number of phenols is 2. The maximum atomic E-state index is 12.2. The zero-order valence-corrected chi connectivity index (χ0v) is 17.7. The second kappa shape index (κ2) is 11.0. The molecule has 172 valence electrons. The van der Waals surface area contributed by atoms with Crippen molar-refractivity contribution in [1.82, 2.24) is 21.3 Å². The van der Waals surface area contributed by atoms with Crippen molar-refractivity contribution in [2.45, 2.75) is 13.3 Å². The van der Waals surface area contributed by atoms with E-state index in [1.807, 2.05) is 0 Å². The molecule has 0 bridgehead atoms. The first-order chi connectivity index (χ1) is 15.2. The van der Waals surface area contributed by atoms with Crippen molar-refractivity contribution in [3.63, 3.8) is 0 Å². The number of allylic oxidation sites excluding steroid dienone is 2. The summed E-state index contributed by atoms with van der Waals surface area (Å²) in [7, 11) is 1.37. The third kappa shape index (κ3) is 5.85. The van der Waals surface area contributed by atoms with Crippen LogP contribution in [0.25, 0.3) is 0 Å². The predicted octanol–water partition coefficient (Wildman–Crippen LogP) is -0.376. The smallest absolute Gasteiger partial charge is 0.255 e. The monoisotopic (exact) mass is 446 g/mol. The van der Waals surface area contributed by atoms with Crippen LogP contribution in [-0.2, 0) is 9.59 Å². The summed E-state index contributed by atoms with van der Waals surface area (Å²) in [5.74, 6) is -4.20. The Kier molecular flexibility index (Phi) is 8.36. The number of hydrogen-bond acceptors (Lipinski definition) is 8. The lowest BCUT2D eigenvalue weighted by molar-refractivity contribution is -0.120. The second-order valence-corrected chi connectivity index (χ2v) is 7.05. The predicted molar refractivity (Wildman–Crippen MR) is 114 cm³/mol. The molecule has 0 spiro atoms. The zero-order chi connectivity index (χ0) is 23.8. The number of nitrogens with one attached hydrogen (secondary N) is 4. The van der Waals surface area contributed by atoms with E-state index in [4.69, 9.17) is 0 Å². The molecule has 0 atom stereocenters. The fourth-order valence-corrected chi connectivity index (χ4v) is 2.95. The number of benzene rings is 1.